The summed E-state index contributed by atoms with van der Waals surface area (Å²) in [7, 11) is 0. The first kappa shape index (κ1) is 16.5. The van der Waals surface area contributed by atoms with Gasteiger partial charge >= 0.3 is 0 Å². The number of para-hydroxylation sites is 1. The number of thioether (sulfide) groups is 1. The number of aromatic nitrogens is 6. The van der Waals surface area contributed by atoms with Crippen molar-refractivity contribution in [3.8, 4) is 0 Å². The van der Waals surface area contributed by atoms with Crippen LogP contribution in [0.25, 0.3) is 16.7 Å². The fourth-order valence-corrected chi connectivity index (χ4v) is 3.77. The summed E-state index contributed by atoms with van der Waals surface area (Å²) in [5, 5.41) is 9.78. The van der Waals surface area contributed by atoms with Crippen molar-refractivity contribution in [3.63, 3.8) is 0 Å². The number of hydrogen-bond donors (Lipinski definition) is 1. The maximum absolute atomic E-state index is 12.7. The summed E-state index contributed by atoms with van der Waals surface area (Å²) >= 11 is 1.43. The Labute approximate surface area is 153 Å². The lowest BCUT2D eigenvalue weighted by Gasteiger charge is -2.09. The largest absolute Gasteiger partial charge is 0.384 e. The molecule has 4 rings (SSSR count). The zero-order valence-corrected chi connectivity index (χ0v) is 15.2. The molecule has 0 aliphatic rings. The number of aryl methyl sites for hydroxylation is 2. The Morgan fingerprint density at radius 1 is 1.19 bits per heavy atom. The van der Waals surface area contributed by atoms with Crippen molar-refractivity contribution in [2.75, 3.05) is 5.73 Å². The Bertz CT molecular complexity index is 1160. The fraction of sp³-hybridized carbons (Fsp3) is 0.235. The normalized spacial score (nSPS) is 11.5. The Hall–Kier alpha value is -2.94. The molecule has 2 N–H and O–H groups in total. The van der Waals surface area contributed by atoms with Crippen molar-refractivity contribution in [1.82, 2.24) is 29.1 Å². The van der Waals surface area contributed by atoms with Gasteiger partial charge in [0.2, 0.25) is 5.78 Å². The molecule has 9 heteroatoms. The van der Waals surface area contributed by atoms with Gasteiger partial charge in [-0.1, -0.05) is 23.9 Å². The number of nitrogens with zero attached hydrogens (tertiary/aromatic N) is 6. The second kappa shape index (κ2) is 6.41. The molecule has 0 bridgehead atoms. The van der Waals surface area contributed by atoms with Gasteiger partial charge < -0.3 is 5.73 Å². The van der Waals surface area contributed by atoms with Gasteiger partial charge in [0, 0.05) is 18.3 Å². The molecule has 0 unspecified atom stereocenters. The van der Waals surface area contributed by atoms with E-state index in [-0.39, 0.29) is 5.56 Å². The molecule has 1 aromatic carbocycles. The molecular weight excluding hydrogens is 350 g/mol. The quantitative estimate of drug-likeness (QED) is 0.435. The number of nitrogens with two attached hydrogens (primary N) is 1. The van der Waals surface area contributed by atoms with Crippen molar-refractivity contribution < 1.29 is 0 Å². The highest BCUT2D eigenvalue weighted by atomic mass is 32.2. The van der Waals surface area contributed by atoms with Crippen LogP contribution in [0.5, 0.6) is 0 Å². The van der Waals surface area contributed by atoms with Gasteiger partial charge in [-0.2, -0.15) is 0 Å². The minimum atomic E-state index is -0.0583. The average molecular weight is 367 g/mol. The third-order valence-electron chi connectivity index (χ3n) is 4.08. The smallest absolute Gasteiger partial charge is 0.262 e. The first-order chi connectivity index (χ1) is 12.6. The van der Waals surface area contributed by atoms with Gasteiger partial charge in [0.05, 0.1) is 16.7 Å². The maximum Gasteiger partial charge on any atom is 0.262 e. The maximum atomic E-state index is 12.7. The molecule has 0 saturated carbocycles. The van der Waals surface area contributed by atoms with E-state index in [9.17, 15) is 4.79 Å². The molecule has 0 aliphatic carbocycles. The van der Waals surface area contributed by atoms with Gasteiger partial charge in [-0.05, 0) is 26.0 Å². The van der Waals surface area contributed by atoms with Crippen LogP contribution in [0.1, 0.15) is 18.4 Å². The van der Waals surface area contributed by atoms with Crippen LogP contribution in [0.4, 0.5) is 5.82 Å². The monoisotopic (exact) mass is 367 g/mol. The number of benzene rings is 1. The highest BCUT2D eigenvalue weighted by Crippen LogP contribution is 2.22. The van der Waals surface area contributed by atoms with Gasteiger partial charge in [-0.25, -0.2) is 9.97 Å². The highest BCUT2D eigenvalue weighted by molar-refractivity contribution is 7.98. The summed E-state index contributed by atoms with van der Waals surface area (Å²) in [6.45, 7) is 4.32. The van der Waals surface area contributed by atoms with E-state index in [1.807, 2.05) is 42.5 Å². The summed E-state index contributed by atoms with van der Waals surface area (Å²) in [5.41, 5.74) is 7.34. The molecule has 0 radical (unpaired) electrons. The Morgan fingerprint density at radius 2 is 2.00 bits per heavy atom. The average Bonchev–Trinajstić information content (AvgIpc) is 3.04. The number of fused-ring (bicyclic) bond motifs is 3. The van der Waals surface area contributed by atoms with E-state index >= 15 is 0 Å². The van der Waals surface area contributed by atoms with Crippen molar-refractivity contribution in [3.05, 3.63) is 52.2 Å². The first-order valence-corrected chi connectivity index (χ1v) is 9.16. The van der Waals surface area contributed by atoms with E-state index in [1.165, 1.54) is 11.8 Å². The molecule has 0 saturated heterocycles. The molecule has 3 aromatic heterocycles. The zero-order chi connectivity index (χ0) is 18.3. The van der Waals surface area contributed by atoms with E-state index in [1.54, 1.807) is 10.6 Å². The summed E-state index contributed by atoms with van der Waals surface area (Å²) < 4.78 is 3.55. The van der Waals surface area contributed by atoms with Crippen LogP contribution in [0.2, 0.25) is 0 Å². The third-order valence-corrected chi connectivity index (χ3v) is 4.92. The first-order valence-electron chi connectivity index (χ1n) is 8.18. The molecule has 0 atom stereocenters. The van der Waals surface area contributed by atoms with E-state index in [0.717, 1.165) is 17.0 Å². The molecule has 26 heavy (non-hydrogen) atoms. The Morgan fingerprint density at radius 3 is 2.77 bits per heavy atom. The van der Waals surface area contributed by atoms with Crippen LogP contribution in [-0.2, 0) is 12.3 Å². The zero-order valence-electron chi connectivity index (χ0n) is 14.4. The summed E-state index contributed by atoms with van der Waals surface area (Å²) in [4.78, 5) is 21.3. The van der Waals surface area contributed by atoms with Crippen molar-refractivity contribution in [2.24, 2.45) is 0 Å². The predicted octanol–water partition coefficient (Wildman–Crippen LogP) is 2.04. The molecule has 0 spiro atoms. The molecule has 8 nitrogen and oxygen atoms in total. The Kier molecular flexibility index (Phi) is 4.08. The minimum absolute atomic E-state index is 0.0583. The molecule has 0 aliphatic heterocycles. The third kappa shape index (κ3) is 2.70. The minimum Gasteiger partial charge on any atom is -0.384 e. The van der Waals surface area contributed by atoms with E-state index in [2.05, 4.69) is 20.2 Å². The van der Waals surface area contributed by atoms with Crippen LogP contribution < -0.4 is 11.3 Å². The van der Waals surface area contributed by atoms with Gasteiger partial charge in [0.15, 0.2) is 5.16 Å². The number of rotatable bonds is 4. The fourth-order valence-electron chi connectivity index (χ4n) is 2.95. The van der Waals surface area contributed by atoms with Crippen molar-refractivity contribution in [2.45, 2.75) is 31.3 Å². The molecule has 4 aromatic rings. The number of anilines is 1. The number of nitrogen functional groups attached to an aromatic ring is 1. The summed E-state index contributed by atoms with van der Waals surface area (Å²) in [6, 6.07) is 9.22. The summed E-state index contributed by atoms with van der Waals surface area (Å²) in [5.74, 6) is 2.22. The topological polar surface area (TPSA) is 104 Å². The molecule has 3 heterocycles. The predicted molar refractivity (Wildman–Crippen MR) is 101 cm³/mol. The van der Waals surface area contributed by atoms with Crippen LogP contribution in [0.3, 0.4) is 0 Å². The van der Waals surface area contributed by atoms with Crippen LogP contribution >= 0.6 is 11.8 Å². The molecular formula is C17H17N7OS. The lowest BCUT2D eigenvalue weighted by atomic mass is 10.2. The van der Waals surface area contributed by atoms with Gasteiger partial charge in [0.1, 0.15) is 11.6 Å². The van der Waals surface area contributed by atoms with E-state index in [4.69, 9.17) is 5.73 Å². The highest BCUT2D eigenvalue weighted by Gasteiger charge is 2.16. The van der Waals surface area contributed by atoms with E-state index in [0.29, 0.717) is 34.4 Å². The van der Waals surface area contributed by atoms with Crippen molar-refractivity contribution in [1.29, 1.82) is 0 Å². The lowest BCUT2D eigenvalue weighted by molar-refractivity contribution is 0.735. The number of hydrogen-bond acceptors (Lipinski definition) is 7. The van der Waals surface area contributed by atoms with Crippen LogP contribution in [0.15, 0.2) is 40.3 Å². The second-order valence-electron chi connectivity index (χ2n) is 5.82. The van der Waals surface area contributed by atoms with Crippen LogP contribution in [0, 0.1) is 6.92 Å². The second-order valence-corrected chi connectivity index (χ2v) is 6.77. The van der Waals surface area contributed by atoms with Gasteiger partial charge in [-0.3, -0.25) is 13.8 Å². The van der Waals surface area contributed by atoms with Gasteiger partial charge in [-0.15, -0.1) is 10.2 Å². The standard InChI is InChI=1S/C17H17N7OS/c1-3-23-15(25)11-6-4-5-7-12(11)24-14(21-22-17(23)24)9-26-16-19-10(2)8-13(18)20-16/h4-8H,3,9H2,1-2H3,(H2,18,19,20). The van der Waals surface area contributed by atoms with Crippen molar-refractivity contribution >= 4 is 34.3 Å². The van der Waals surface area contributed by atoms with Crippen LogP contribution in [-0.4, -0.2) is 29.1 Å². The molecule has 132 valence electrons. The van der Waals surface area contributed by atoms with Gasteiger partial charge in [0.25, 0.3) is 5.56 Å². The molecule has 0 fully saturated rings. The molecule has 0 amide bonds. The lowest BCUT2D eigenvalue weighted by Crippen LogP contribution is -2.22. The Balaban J connectivity index is 1.83. The van der Waals surface area contributed by atoms with E-state index < -0.39 is 0 Å². The summed E-state index contributed by atoms with van der Waals surface area (Å²) in [6.07, 6.45) is 0. The SMILES string of the molecule is CCn1c(=O)c2ccccc2n2c(CSc3nc(C)cc(N)n3)nnc12.